The zero-order chi connectivity index (χ0) is 13.0. The van der Waals surface area contributed by atoms with Crippen LogP contribution in [0.3, 0.4) is 0 Å². The van der Waals surface area contributed by atoms with Crippen molar-refractivity contribution in [1.82, 2.24) is 4.90 Å². The Morgan fingerprint density at radius 1 is 1.50 bits per heavy atom. The molecular weight excluding hydrogens is 318 g/mol. The van der Waals surface area contributed by atoms with E-state index in [1.807, 2.05) is 18.2 Å². The Labute approximate surface area is 121 Å². The number of aliphatic hydroxyl groups is 1. The van der Waals surface area contributed by atoms with Gasteiger partial charge in [0.25, 0.3) is 0 Å². The summed E-state index contributed by atoms with van der Waals surface area (Å²) in [6.07, 6.45) is 1.80. The van der Waals surface area contributed by atoms with Crippen molar-refractivity contribution in [2.45, 2.75) is 18.9 Å². The van der Waals surface area contributed by atoms with E-state index < -0.39 is 0 Å². The van der Waals surface area contributed by atoms with Crippen LogP contribution in [-0.2, 0) is 0 Å². The van der Waals surface area contributed by atoms with Gasteiger partial charge in [0.15, 0.2) is 0 Å². The van der Waals surface area contributed by atoms with Crippen molar-refractivity contribution < 1.29 is 9.84 Å². The van der Waals surface area contributed by atoms with Crippen molar-refractivity contribution in [2.75, 3.05) is 26.2 Å². The monoisotopic (exact) mass is 333 g/mol. The van der Waals surface area contributed by atoms with Crippen molar-refractivity contribution in [1.29, 1.82) is 0 Å². The molecule has 1 N–H and O–H groups in total. The molecule has 1 aromatic carbocycles. The molecule has 0 spiro atoms. The maximum absolute atomic E-state index is 9.57. The Morgan fingerprint density at radius 3 is 3.06 bits per heavy atom. The molecule has 1 aliphatic heterocycles. The third kappa shape index (κ3) is 4.12. The van der Waals surface area contributed by atoms with E-state index in [0.717, 1.165) is 42.7 Å². The summed E-state index contributed by atoms with van der Waals surface area (Å²) in [5.74, 6) is 0.803. The Balaban J connectivity index is 1.77. The van der Waals surface area contributed by atoms with E-state index in [-0.39, 0.29) is 6.10 Å². The normalized spacial score (nSPS) is 20.9. The van der Waals surface area contributed by atoms with Gasteiger partial charge in [-0.3, -0.25) is 4.90 Å². The molecule has 100 valence electrons. The van der Waals surface area contributed by atoms with Gasteiger partial charge in [-0.15, -0.1) is 0 Å². The summed E-state index contributed by atoms with van der Waals surface area (Å²) in [6.45, 7) is 3.26. The van der Waals surface area contributed by atoms with Crippen molar-refractivity contribution in [3.05, 3.63) is 27.7 Å². The number of likely N-dealkylation sites (tertiary alicyclic amines) is 1. The smallest absolute Gasteiger partial charge is 0.133 e. The number of aliphatic hydroxyl groups excluding tert-OH is 1. The number of rotatable bonds is 4. The highest BCUT2D eigenvalue weighted by molar-refractivity contribution is 9.10. The molecule has 1 fully saturated rings. The van der Waals surface area contributed by atoms with Crippen LogP contribution in [0.15, 0.2) is 22.7 Å². The summed E-state index contributed by atoms with van der Waals surface area (Å²) in [4.78, 5) is 2.23. The molecule has 1 aliphatic rings. The van der Waals surface area contributed by atoms with Gasteiger partial charge in [-0.25, -0.2) is 0 Å². The number of β-amino-alcohol motifs (C(OH)–C–C–N with tert-alkyl or cyclic N) is 1. The molecule has 0 bridgehead atoms. The number of piperidine rings is 1. The number of benzene rings is 1. The zero-order valence-electron chi connectivity index (χ0n) is 10.1. The molecule has 0 aliphatic carbocycles. The third-order valence-electron chi connectivity index (χ3n) is 3.04. The summed E-state index contributed by atoms with van der Waals surface area (Å²) in [7, 11) is 0. The van der Waals surface area contributed by atoms with Crippen molar-refractivity contribution in [3.63, 3.8) is 0 Å². The van der Waals surface area contributed by atoms with Crippen molar-refractivity contribution in [2.24, 2.45) is 0 Å². The minimum absolute atomic E-state index is 0.180. The number of halogens is 2. The molecule has 0 amide bonds. The molecule has 0 radical (unpaired) electrons. The van der Waals surface area contributed by atoms with E-state index in [4.69, 9.17) is 16.3 Å². The Bertz CT molecular complexity index is 403. The standard InChI is InChI=1S/C13H17BrClNO2/c14-12-8-10(15)3-4-13(12)18-7-6-16-5-1-2-11(17)9-16/h3-4,8,11,17H,1-2,5-7,9H2. The third-order valence-corrected chi connectivity index (χ3v) is 3.89. The first-order valence-electron chi connectivity index (χ1n) is 6.13. The van der Waals surface area contributed by atoms with E-state index in [0.29, 0.717) is 11.6 Å². The molecular formula is C13H17BrClNO2. The van der Waals surface area contributed by atoms with E-state index in [1.54, 1.807) is 0 Å². The fourth-order valence-electron chi connectivity index (χ4n) is 2.11. The van der Waals surface area contributed by atoms with Gasteiger partial charge in [-0.1, -0.05) is 11.6 Å². The molecule has 18 heavy (non-hydrogen) atoms. The average molecular weight is 335 g/mol. The molecule has 1 unspecified atom stereocenters. The highest BCUT2D eigenvalue weighted by Gasteiger charge is 2.17. The first kappa shape index (κ1) is 14.1. The quantitative estimate of drug-likeness (QED) is 0.919. The van der Waals surface area contributed by atoms with Crippen molar-refractivity contribution >= 4 is 27.5 Å². The predicted molar refractivity (Wildman–Crippen MR) is 76.3 cm³/mol. The lowest BCUT2D eigenvalue weighted by molar-refractivity contribution is 0.0632. The topological polar surface area (TPSA) is 32.7 Å². The fourth-order valence-corrected chi connectivity index (χ4v) is 2.91. The second-order valence-electron chi connectivity index (χ2n) is 4.52. The second-order valence-corrected chi connectivity index (χ2v) is 5.81. The Kier molecular flexibility index (Phi) is 5.30. The first-order valence-corrected chi connectivity index (χ1v) is 7.30. The molecule has 1 heterocycles. The molecule has 1 atom stereocenters. The largest absolute Gasteiger partial charge is 0.491 e. The summed E-state index contributed by atoms with van der Waals surface area (Å²) in [5, 5.41) is 10.3. The van der Waals surface area contributed by atoms with E-state index >= 15 is 0 Å². The van der Waals surface area contributed by atoms with E-state index in [2.05, 4.69) is 20.8 Å². The van der Waals surface area contributed by atoms with Gasteiger partial charge < -0.3 is 9.84 Å². The molecule has 5 heteroatoms. The summed E-state index contributed by atoms with van der Waals surface area (Å²) in [6, 6.07) is 5.49. The van der Waals surface area contributed by atoms with Gasteiger partial charge in [0, 0.05) is 18.1 Å². The Morgan fingerprint density at radius 2 is 2.33 bits per heavy atom. The molecule has 1 saturated heterocycles. The fraction of sp³-hybridized carbons (Fsp3) is 0.538. The maximum atomic E-state index is 9.57. The summed E-state index contributed by atoms with van der Waals surface area (Å²) in [5.41, 5.74) is 0. The highest BCUT2D eigenvalue weighted by atomic mass is 79.9. The SMILES string of the molecule is OC1CCCN(CCOc2ccc(Cl)cc2Br)C1. The molecule has 0 saturated carbocycles. The molecule has 2 rings (SSSR count). The van der Waals surface area contributed by atoms with Crippen LogP contribution in [0.25, 0.3) is 0 Å². The number of hydrogen-bond donors (Lipinski definition) is 1. The average Bonchev–Trinajstić information content (AvgIpc) is 2.32. The summed E-state index contributed by atoms with van der Waals surface area (Å²) >= 11 is 9.29. The Hall–Kier alpha value is -0.290. The van der Waals surface area contributed by atoms with Gasteiger partial charge in [0.05, 0.1) is 10.6 Å². The molecule has 3 nitrogen and oxygen atoms in total. The van der Waals surface area contributed by atoms with Gasteiger partial charge in [-0.2, -0.15) is 0 Å². The number of hydrogen-bond acceptors (Lipinski definition) is 3. The molecule has 0 aromatic heterocycles. The number of ether oxygens (including phenoxy) is 1. The predicted octanol–water partition coefficient (Wildman–Crippen LogP) is 2.94. The van der Waals surface area contributed by atoms with Gasteiger partial charge >= 0.3 is 0 Å². The van der Waals surface area contributed by atoms with Crippen LogP contribution in [0, 0.1) is 0 Å². The van der Waals surface area contributed by atoms with Crippen LogP contribution >= 0.6 is 27.5 Å². The van der Waals surface area contributed by atoms with Crippen LogP contribution < -0.4 is 4.74 Å². The minimum atomic E-state index is -0.180. The van der Waals surface area contributed by atoms with Crippen LogP contribution in [0.2, 0.25) is 5.02 Å². The van der Waals surface area contributed by atoms with E-state index in [9.17, 15) is 5.11 Å². The summed E-state index contributed by atoms with van der Waals surface area (Å²) < 4.78 is 6.57. The van der Waals surface area contributed by atoms with Crippen LogP contribution in [0.4, 0.5) is 0 Å². The van der Waals surface area contributed by atoms with Crippen molar-refractivity contribution in [3.8, 4) is 5.75 Å². The van der Waals surface area contributed by atoms with Gasteiger partial charge in [0.1, 0.15) is 12.4 Å². The zero-order valence-corrected chi connectivity index (χ0v) is 12.5. The first-order chi connectivity index (χ1) is 8.65. The molecule has 1 aromatic rings. The maximum Gasteiger partial charge on any atom is 0.133 e. The highest BCUT2D eigenvalue weighted by Crippen LogP contribution is 2.27. The van der Waals surface area contributed by atoms with Gasteiger partial charge in [0.2, 0.25) is 0 Å². The lowest BCUT2D eigenvalue weighted by atomic mass is 10.1. The second kappa shape index (κ2) is 6.75. The number of nitrogens with zero attached hydrogens (tertiary/aromatic N) is 1. The van der Waals surface area contributed by atoms with Crippen LogP contribution in [0.5, 0.6) is 5.75 Å². The lowest BCUT2D eigenvalue weighted by Gasteiger charge is -2.29. The van der Waals surface area contributed by atoms with Crippen LogP contribution in [-0.4, -0.2) is 42.4 Å². The van der Waals surface area contributed by atoms with Gasteiger partial charge in [-0.05, 0) is 53.5 Å². The minimum Gasteiger partial charge on any atom is -0.491 e. The van der Waals surface area contributed by atoms with E-state index in [1.165, 1.54) is 0 Å². The lowest BCUT2D eigenvalue weighted by Crippen LogP contribution is -2.40. The van der Waals surface area contributed by atoms with Crippen LogP contribution in [0.1, 0.15) is 12.8 Å².